The first-order valence-electron chi connectivity index (χ1n) is 13.3. The molecule has 0 spiro atoms. The van der Waals surface area contributed by atoms with E-state index in [1.807, 2.05) is 0 Å². The molecule has 12 nitrogen and oxygen atoms in total. The summed E-state index contributed by atoms with van der Waals surface area (Å²) in [7, 11) is 0. The van der Waals surface area contributed by atoms with Gasteiger partial charge in [0.25, 0.3) is 0 Å². The third kappa shape index (κ3) is 5.44. The number of ether oxygens (including phenoxy) is 3. The van der Waals surface area contributed by atoms with Crippen molar-refractivity contribution in [2.24, 2.45) is 0 Å². The molecular formula is C31H25N5O7. The van der Waals surface area contributed by atoms with Gasteiger partial charge in [-0.1, -0.05) is 66.7 Å². The van der Waals surface area contributed by atoms with Gasteiger partial charge in [0.1, 0.15) is 11.6 Å². The zero-order chi connectivity index (χ0) is 29.9. The molecule has 6 rings (SSSR count). The largest absolute Gasteiger partial charge is 0.452 e. The summed E-state index contributed by atoms with van der Waals surface area (Å²) in [6, 6.07) is 25.0. The molecule has 0 bridgehead atoms. The number of nitrogens with two attached hydrogens (primary N) is 1. The monoisotopic (exact) mass is 579 g/mol. The fourth-order valence-corrected chi connectivity index (χ4v) is 4.82. The Morgan fingerprint density at radius 2 is 1.33 bits per heavy atom. The normalized spacial score (nSPS) is 19.7. The number of aliphatic hydroxyl groups excluding tert-OH is 1. The highest BCUT2D eigenvalue weighted by Gasteiger charge is 2.51. The van der Waals surface area contributed by atoms with Gasteiger partial charge in [0.2, 0.25) is 11.6 Å². The molecule has 0 unspecified atom stereocenters. The minimum Gasteiger partial charge on any atom is -0.452 e. The van der Waals surface area contributed by atoms with Gasteiger partial charge in [-0.3, -0.25) is 9.36 Å². The van der Waals surface area contributed by atoms with E-state index in [4.69, 9.17) is 19.9 Å². The average molecular weight is 580 g/mol. The predicted molar refractivity (Wildman–Crippen MR) is 152 cm³/mol. The van der Waals surface area contributed by atoms with Crippen molar-refractivity contribution < 1.29 is 33.7 Å². The Kier molecular flexibility index (Phi) is 7.60. The van der Waals surface area contributed by atoms with Crippen LogP contribution < -0.4 is 5.73 Å². The number of carbonyl (C=O) groups is 3. The zero-order valence-corrected chi connectivity index (χ0v) is 22.5. The number of nitrogen functional groups attached to an aromatic ring is 1. The smallest absolute Gasteiger partial charge is 0.338 e. The predicted octanol–water partition coefficient (Wildman–Crippen LogP) is 2.98. The molecule has 43 heavy (non-hydrogen) atoms. The van der Waals surface area contributed by atoms with Gasteiger partial charge in [-0.2, -0.15) is 0 Å². The zero-order valence-electron chi connectivity index (χ0n) is 22.5. The Morgan fingerprint density at radius 1 is 0.791 bits per heavy atom. The van der Waals surface area contributed by atoms with Crippen LogP contribution in [0.3, 0.4) is 0 Å². The molecule has 0 radical (unpaired) electrons. The SMILES string of the molecule is Nc1nc(C(=O)c2ccccc2)nc2c1ncn2[C@@H]1O[C@H](CO)[C@@H](OC(=O)c2ccccc2)[C@H]1OC(=O)c1ccccc1. The van der Waals surface area contributed by atoms with Gasteiger partial charge in [0.05, 0.1) is 24.1 Å². The third-order valence-electron chi connectivity index (χ3n) is 6.93. The molecule has 216 valence electrons. The first-order chi connectivity index (χ1) is 20.9. The van der Waals surface area contributed by atoms with Crippen LogP contribution in [-0.2, 0) is 14.2 Å². The molecule has 3 aromatic carbocycles. The van der Waals surface area contributed by atoms with E-state index in [9.17, 15) is 19.5 Å². The molecule has 0 aliphatic carbocycles. The van der Waals surface area contributed by atoms with Gasteiger partial charge in [-0.15, -0.1) is 0 Å². The summed E-state index contributed by atoms with van der Waals surface area (Å²) in [4.78, 5) is 52.4. The summed E-state index contributed by atoms with van der Waals surface area (Å²) in [5.74, 6) is -2.11. The Labute approximate surface area is 244 Å². The fraction of sp³-hybridized carbons (Fsp3) is 0.161. The summed E-state index contributed by atoms with van der Waals surface area (Å²) >= 11 is 0. The quantitative estimate of drug-likeness (QED) is 0.205. The number of aliphatic hydroxyl groups is 1. The molecule has 1 fully saturated rings. The highest BCUT2D eigenvalue weighted by Crippen LogP contribution is 2.37. The second-order valence-corrected chi connectivity index (χ2v) is 9.67. The molecule has 0 amide bonds. The van der Waals surface area contributed by atoms with Gasteiger partial charge in [-0.05, 0) is 24.3 Å². The summed E-state index contributed by atoms with van der Waals surface area (Å²) in [5, 5.41) is 10.2. The molecule has 1 aliphatic heterocycles. The van der Waals surface area contributed by atoms with E-state index in [2.05, 4.69) is 15.0 Å². The van der Waals surface area contributed by atoms with Gasteiger partial charge < -0.3 is 25.1 Å². The number of aromatic nitrogens is 4. The van der Waals surface area contributed by atoms with Crippen LogP contribution in [0.1, 0.15) is 43.1 Å². The van der Waals surface area contributed by atoms with Crippen LogP contribution in [-0.4, -0.2) is 67.3 Å². The maximum Gasteiger partial charge on any atom is 0.338 e. The van der Waals surface area contributed by atoms with Crippen molar-refractivity contribution in [1.82, 2.24) is 19.5 Å². The number of hydrogen-bond donors (Lipinski definition) is 2. The number of anilines is 1. The number of esters is 2. The van der Waals surface area contributed by atoms with E-state index in [0.29, 0.717) is 5.56 Å². The van der Waals surface area contributed by atoms with E-state index in [1.54, 1.807) is 91.0 Å². The number of imidazole rings is 1. The molecule has 5 aromatic rings. The van der Waals surface area contributed by atoms with Crippen molar-refractivity contribution in [2.75, 3.05) is 12.3 Å². The van der Waals surface area contributed by atoms with Crippen molar-refractivity contribution in [3.05, 3.63) is 120 Å². The molecule has 12 heteroatoms. The van der Waals surface area contributed by atoms with Crippen LogP contribution in [0, 0.1) is 0 Å². The topological polar surface area (TPSA) is 169 Å². The minimum absolute atomic E-state index is 0.0513. The van der Waals surface area contributed by atoms with Gasteiger partial charge in [0.15, 0.2) is 29.9 Å². The van der Waals surface area contributed by atoms with Crippen molar-refractivity contribution >= 4 is 34.7 Å². The van der Waals surface area contributed by atoms with Crippen LogP contribution in [0.15, 0.2) is 97.3 Å². The lowest BCUT2D eigenvalue weighted by atomic mass is 10.1. The number of ketones is 1. The van der Waals surface area contributed by atoms with Crippen molar-refractivity contribution in [1.29, 1.82) is 0 Å². The maximum absolute atomic E-state index is 13.2. The number of fused-ring (bicyclic) bond motifs is 1. The number of hydrogen-bond acceptors (Lipinski definition) is 11. The third-order valence-corrected chi connectivity index (χ3v) is 6.93. The van der Waals surface area contributed by atoms with Crippen molar-refractivity contribution in [2.45, 2.75) is 24.5 Å². The standard InChI is InChI=1S/C31H25N5O7/c32-26-22-28(35-27(34-26)23(38)18-10-4-1-5-11-18)36(17-33-22)29-25(43-31(40)20-14-8-3-9-15-20)24(21(16-37)41-29)42-30(39)19-12-6-2-7-13-19/h1-15,17,21,24-25,29,37H,16H2,(H2,32,34,35)/t21-,24-,25-,29-/m1/s1. The van der Waals surface area contributed by atoms with E-state index in [1.165, 1.54) is 10.9 Å². The molecule has 2 aromatic heterocycles. The fourth-order valence-electron chi connectivity index (χ4n) is 4.82. The first-order valence-corrected chi connectivity index (χ1v) is 13.3. The number of benzene rings is 3. The van der Waals surface area contributed by atoms with E-state index < -0.39 is 48.9 Å². The highest BCUT2D eigenvalue weighted by atomic mass is 16.6. The van der Waals surface area contributed by atoms with Crippen LogP contribution in [0.4, 0.5) is 5.82 Å². The minimum atomic E-state index is -1.26. The van der Waals surface area contributed by atoms with E-state index >= 15 is 0 Å². The van der Waals surface area contributed by atoms with Crippen LogP contribution in [0.2, 0.25) is 0 Å². The summed E-state index contributed by atoms with van der Waals surface area (Å²) < 4.78 is 19.2. The number of rotatable bonds is 8. The first kappa shape index (κ1) is 27.7. The van der Waals surface area contributed by atoms with Crippen LogP contribution >= 0.6 is 0 Å². The Morgan fingerprint density at radius 3 is 1.88 bits per heavy atom. The maximum atomic E-state index is 13.2. The van der Waals surface area contributed by atoms with Crippen LogP contribution in [0.5, 0.6) is 0 Å². The molecule has 0 saturated carbocycles. The number of carbonyl (C=O) groups excluding carboxylic acids is 3. The Hall–Kier alpha value is -5.46. The second-order valence-electron chi connectivity index (χ2n) is 9.67. The number of nitrogens with zero attached hydrogens (tertiary/aromatic N) is 4. The lowest BCUT2D eigenvalue weighted by molar-refractivity contribution is -0.0566. The molecule has 4 atom stereocenters. The summed E-state index contributed by atoms with van der Waals surface area (Å²) in [5.41, 5.74) is 7.32. The average Bonchev–Trinajstić information content (AvgIpc) is 3.63. The molecule has 1 saturated heterocycles. The lowest BCUT2D eigenvalue weighted by Crippen LogP contribution is -2.40. The lowest BCUT2D eigenvalue weighted by Gasteiger charge is -2.24. The second kappa shape index (κ2) is 11.8. The van der Waals surface area contributed by atoms with Crippen molar-refractivity contribution in [3.8, 4) is 0 Å². The van der Waals surface area contributed by atoms with E-state index in [0.717, 1.165) is 0 Å². The Bertz CT molecular complexity index is 1780. The van der Waals surface area contributed by atoms with Gasteiger partial charge in [-0.25, -0.2) is 24.5 Å². The molecule has 3 N–H and O–H groups in total. The molecular weight excluding hydrogens is 554 g/mol. The summed E-state index contributed by atoms with van der Waals surface area (Å²) in [6.45, 7) is -0.565. The van der Waals surface area contributed by atoms with E-state index in [-0.39, 0.29) is 33.9 Å². The van der Waals surface area contributed by atoms with Gasteiger partial charge in [0, 0.05) is 5.56 Å². The van der Waals surface area contributed by atoms with Crippen LogP contribution in [0.25, 0.3) is 11.2 Å². The molecule has 1 aliphatic rings. The summed E-state index contributed by atoms with van der Waals surface area (Å²) in [6.07, 6.45) is -3.42. The Balaban J connectivity index is 1.41. The molecule has 3 heterocycles. The highest BCUT2D eigenvalue weighted by molar-refractivity contribution is 6.07. The van der Waals surface area contributed by atoms with Crippen molar-refractivity contribution in [3.63, 3.8) is 0 Å². The van der Waals surface area contributed by atoms with Gasteiger partial charge >= 0.3 is 11.9 Å².